The van der Waals surface area contributed by atoms with Crippen LogP contribution in [-0.4, -0.2) is 13.2 Å². The molecule has 2 N–H and O–H groups in total. The minimum absolute atomic E-state index is 0.266. The summed E-state index contributed by atoms with van der Waals surface area (Å²) < 4.78 is 18.9. The standard InChI is InChI=1S/C15H20FNO/c1-12(2)5-4-10-18-15-11-13(6-3-9-17)7-8-14(15)16/h7-8,11-12H,4-5,9-10,17H2,1-2H3. The highest BCUT2D eigenvalue weighted by Gasteiger charge is 2.04. The molecule has 0 bridgehead atoms. The van der Waals surface area contributed by atoms with Gasteiger partial charge in [-0.05, 0) is 37.0 Å². The molecule has 0 spiro atoms. The van der Waals surface area contributed by atoms with Crippen molar-refractivity contribution >= 4 is 0 Å². The molecule has 1 rings (SSSR count). The molecule has 0 saturated heterocycles. The summed E-state index contributed by atoms with van der Waals surface area (Å²) in [6.45, 7) is 5.14. The number of nitrogens with two attached hydrogens (primary N) is 1. The number of ether oxygens (including phenoxy) is 1. The van der Waals surface area contributed by atoms with Gasteiger partial charge in [-0.15, -0.1) is 0 Å². The molecule has 3 heteroatoms. The highest BCUT2D eigenvalue weighted by atomic mass is 19.1. The van der Waals surface area contributed by atoms with Crippen molar-refractivity contribution in [3.8, 4) is 17.6 Å². The van der Waals surface area contributed by atoms with Crippen molar-refractivity contribution in [3.05, 3.63) is 29.6 Å². The van der Waals surface area contributed by atoms with Crippen LogP contribution in [0, 0.1) is 23.6 Å². The third-order valence-electron chi connectivity index (χ3n) is 2.45. The Morgan fingerprint density at radius 3 is 2.83 bits per heavy atom. The SMILES string of the molecule is CC(C)CCCOc1cc(C#CCN)ccc1F. The van der Waals surface area contributed by atoms with Crippen molar-refractivity contribution in [1.82, 2.24) is 0 Å². The predicted molar refractivity (Wildman–Crippen MR) is 71.9 cm³/mol. The van der Waals surface area contributed by atoms with Gasteiger partial charge in [0.05, 0.1) is 13.2 Å². The fourth-order valence-corrected chi connectivity index (χ4v) is 1.52. The molecule has 0 atom stereocenters. The zero-order chi connectivity index (χ0) is 13.4. The van der Waals surface area contributed by atoms with E-state index in [4.69, 9.17) is 10.5 Å². The first kappa shape index (κ1) is 14.5. The summed E-state index contributed by atoms with van der Waals surface area (Å²) in [5, 5.41) is 0. The molecule has 18 heavy (non-hydrogen) atoms. The maximum Gasteiger partial charge on any atom is 0.165 e. The second-order valence-corrected chi connectivity index (χ2v) is 4.54. The molecule has 0 saturated carbocycles. The van der Waals surface area contributed by atoms with Crippen molar-refractivity contribution < 1.29 is 9.13 Å². The van der Waals surface area contributed by atoms with Gasteiger partial charge in [0.2, 0.25) is 0 Å². The normalized spacial score (nSPS) is 10.1. The second-order valence-electron chi connectivity index (χ2n) is 4.54. The van der Waals surface area contributed by atoms with Gasteiger partial charge in [-0.2, -0.15) is 0 Å². The summed E-state index contributed by atoms with van der Waals surface area (Å²) in [4.78, 5) is 0. The van der Waals surface area contributed by atoms with Crippen LogP contribution in [0.15, 0.2) is 18.2 Å². The van der Waals surface area contributed by atoms with Crippen LogP contribution in [0.4, 0.5) is 4.39 Å². The monoisotopic (exact) mass is 249 g/mol. The molecule has 0 unspecified atom stereocenters. The van der Waals surface area contributed by atoms with E-state index in [9.17, 15) is 4.39 Å². The van der Waals surface area contributed by atoms with Crippen molar-refractivity contribution in [1.29, 1.82) is 0 Å². The van der Waals surface area contributed by atoms with Gasteiger partial charge in [-0.1, -0.05) is 25.7 Å². The molecule has 0 fully saturated rings. The summed E-state index contributed by atoms with van der Waals surface area (Å²) in [6.07, 6.45) is 2.00. The minimum atomic E-state index is -0.349. The van der Waals surface area contributed by atoms with Crippen molar-refractivity contribution in [3.63, 3.8) is 0 Å². The molecule has 2 nitrogen and oxygen atoms in total. The third kappa shape index (κ3) is 5.20. The Labute approximate surface area is 108 Å². The lowest BCUT2D eigenvalue weighted by Crippen LogP contribution is -2.01. The maximum atomic E-state index is 13.5. The van der Waals surface area contributed by atoms with E-state index in [-0.39, 0.29) is 11.6 Å². The molecular weight excluding hydrogens is 229 g/mol. The van der Waals surface area contributed by atoms with Gasteiger partial charge in [0.25, 0.3) is 0 Å². The van der Waals surface area contributed by atoms with Crippen LogP contribution in [0.2, 0.25) is 0 Å². The van der Waals surface area contributed by atoms with Gasteiger partial charge < -0.3 is 10.5 Å². The Kier molecular flexibility index (Phi) is 6.24. The van der Waals surface area contributed by atoms with Crippen LogP contribution in [0.5, 0.6) is 5.75 Å². The van der Waals surface area contributed by atoms with E-state index in [1.165, 1.54) is 6.07 Å². The molecule has 0 amide bonds. The molecule has 1 aromatic carbocycles. The fraction of sp³-hybridized carbons (Fsp3) is 0.467. The molecular formula is C15H20FNO. The van der Waals surface area contributed by atoms with E-state index < -0.39 is 0 Å². The van der Waals surface area contributed by atoms with E-state index in [1.807, 2.05) is 0 Å². The molecule has 0 aliphatic rings. The number of hydrogen-bond acceptors (Lipinski definition) is 2. The smallest absolute Gasteiger partial charge is 0.165 e. The largest absolute Gasteiger partial charge is 0.490 e. The Bertz CT molecular complexity index is 432. The Morgan fingerprint density at radius 2 is 2.17 bits per heavy atom. The summed E-state index contributed by atoms with van der Waals surface area (Å²) >= 11 is 0. The zero-order valence-corrected chi connectivity index (χ0v) is 11.0. The first-order valence-electron chi connectivity index (χ1n) is 6.24. The highest BCUT2D eigenvalue weighted by molar-refractivity contribution is 5.40. The lowest BCUT2D eigenvalue weighted by Gasteiger charge is -2.08. The van der Waals surface area contributed by atoms with Crippen LogP contribution in [0.25, 0.3) is 0 Å². The Hall–Kier alpha value is -1.53. The van der Waals surface area contributed by atoms with Crippen molar-refractivity contribution in [2.24, 2.45) is 11.7 Å². The number of rotatable bonds is 5. The molecule has 0 aromatic heterocycles. The van der Waals surface area contributed by atoms with E-state index in [0.717, 1.165) is 18.4 Å². The number of halogens is 1. The van der Waals surface area contributed by atoms with Crippen LogP contribution < -0.4 is 10.5 Å². The molecule has 1 aromatic rings. The van der Waals surface area contributed by atoms with Crippen LogP contribution >= 0.6 is 0 Å². The molecule has 0 heterocycles. The topological polar surface area (TPSA) is 35.2 Å². The van der Waals surface area contributed by atoms with Crippen molar-refractivity contribution in [2.75, 3.05) is 13.2 Å². The molecule has 98 valence electrons. The van der Waals surface area contributed by atoms with E-state index in [0.29, 0.717) is 19.1 Å². The summed E-state index contributed by atoms with van der Waals surface area (Å²) in [6, 6.07) is 4.62. The lowest BCUT2D eigenvalue weighted by molar-refractivity contribution is 0.284. The van der Waals surface area contributed by atoms with Gasteiger partial charge in [0.15, 0.2) is 11.6 Å². The van der Waals surface area contributed by atoms with Crippen LogP contribution in [0.1, 0.15) is 32.3 Å². The van der Waals surface area contributed by atoms with Gasteiger partial charge in [0, 0.05) is 5.56 Å². The molecule has 0 radical (unpaired) electrons. The van der Waals surface area contributed by atoms with Gasteiger partial charge in [-0.3, -0.25) is 0 Å². The summed E-state index contributed by atoms with van der Waals surface area (Å²) in [5.74, 6) is 6.15. The van der Waals surface area contributed by atoms with E-state index in [2.05, 4.69) is 25.7 Å². The second kappa shape index (κ2) is 7.73. The zero-order valence-electron chi connectivity index (χ0n) is 11.0. The van der Waals surface area contributed by atoms with Gasteiger partial charge >= 0.3 is 0 Å². The fourth-order valence-electron chi connectivity index (χ4n) is 1.52. The van der Waals surface area contributed by atoms with Gasteiger partial charge in [0.1, 0.15) is 0 Å². The third-order valence-corrected chi connectivity index (χ3v) is 2.45. The summed E-state index contributed by atoms with van der Waals surface area (Å²) in [5.41, 5.74) is 6.01. The van der Waals surface area contributed by atoms with Crippen LogP contribution in [0.3, 0.4) is 0 Å². The van der Waals surface area contributed by atoms with Crippen molar-refractivity contribution in [2.45, 2.75) is 26.7 Å². The maximum absolute atomic E-state index is 13.5. The average molecular weight is 249 g/mol. The van der Waals surface area contributed by atoms with Gasteiger partial charge in [-0.25, -0.2) is 4.39 Å². The Balaban J connectivity index is 2.58. The lowest BCUT2D eigenvalue weighted by atomic mass is 10.1. The quantitative estimate of drug-likeness (QED) is 0.643. The number of hydrogen-bond donors (Lipinski definition) is 1. The highest BCUT2D eigenvalue weighted by Crippen LogP contribution is 2.19. The average Bonchev–Trinajstić information content (AvgIpc) is 2.34. The molecule has 0 aliphatic carbocycles. The Morgan fingerprint density at radius 1 is 1.39 bits per heavy atom. The summed E-state index contributed by atoms with van der Waals surface area (Å²) in [7, 11) is 0. The van der Waals surface area contributed by atoms with E-state index in [1.54, 1.807) is 12.1 Å². The first-order valence-corrected chi connectivity index (χ1v) is 6.24. The minimum Gasteiger partial charge on any atom is -0.490 e. The van der Waals surface area contributed by atoms with E-state index >= 15 is 0 Å². The molecule has 0 aliphatic heterocycles. The van der Waals surface area contributed by atoms with Crippen LogP contribution in [-0.2, 0) is 0 Å². The number of benzene rings is 1. The first-order chi connectivity index (χ1) is 8.63. The predicted octanol–water partition coefficient (Wildman–Crippen LogP) is 2.95.